The molecule has 0 aromatic heterocycles. The molecular formula is C13H21NO2. The molecule has 3 heteroatoms. The van der Waals surface area contributed by atoms with Gasteiger partial charge in [-0.15, -0.1) is 0 Å². The molecule has 1 aromatic carbocycles. The molecule has 0 spiro atoms. The van der Waals surface area contributed by atoms with E-state index in [-0.39, 0.29) is 6.61 Å². The van der Waals surface area contributed by atoms with Crippen LogP contribution in [0.15, 0.2) is 24.3 Å². The number of aliphatic hydroxyl groups is 1. The minimum absolute atomic E-state index is 0.177. The van der Waals surface area contributed by atoms with Gasteiger partial charge in [-0.2, -0.15) is 0 Å². The number of nitrogens with one attached hydrogen (secondary N) is 1. The average molecular weight is 223 g/mol. The maximum Gasteiger partial charge on any atom is 0.118 e. The quantitative estimate of drug-likeness (QED) is 0.744. The Kier molecular flexibility index (Phi) is 5.90. The summed E-state index contributed by atoms with van der Waals surface area (Å²) in [6, 6.07) is 8.41. The van der Waals surface area contributed by atoms with Crippen LogP contribution in [-0.4, -0.2) is 25.4 Å². The first-order chi connectivity index (χ1) is 7.81. The molecule has 0 fully saturated rings. The third-order valence-electron chi connectivity index (χ3n) is 2.60. The van der Waals surface area contributed by atoms with Crippen molar-refractivity contribution in [1.29, 1.82) is 0 Å². The first-order valence-electron chi connectivity index (χ1n) is 5.80. The van der Waals surface area contributed by atoms with Crippen LogP contribution in [0, 0.1) is 0 Å². The van der Waals surface area contributed by atoms with Crippen LogP contribution in [0.25, 0.3) is 0 Å². The summed E-state index contributed by atoms with van der Waals surface area (Å²) in [5.41, 5.74) is 1.25. The van der Waals surface area contributed by atoms with Crippen molar-refractivity contribution in [2.75, 3.05) is 20.3 Å². The first kappa shape index (κ1) is 13.0. The number of ether oxygens (including phenoxy) is 1. The van der Waals surface area contributed by atoms with Gasteiger partial charge in [-0.1, -0.05) is 25.5 Å². The summed E-state index contributed by atoms with van der Waals surface area (Å²) in [6.07, 6.45) is 2.20. The maximum absolute atomic E-state index is 8.83. The van der Waals surface area contributed by atoms with Crippen molar-refractivity contribution in [2.24, 2.45) is 0 Å². The van der Waals surface area contributed by atoms with Crippen LogP contribution in [0.4, 0.5) is 0 Å². The third kappa shape index (κ3) is 3.83. The Labute approximate surface area is 97.4 Å². The van der Waals surface area contributed by atoms with Crippen molar-refractivity contribution in [3.05, 3.63) is 29.8 Å². The van der Waals surface area contributed by atoms with Crippen molar-refractivity contribution in [3.8, 4) is 5.75 Å². The van der Waals surface area contributed by atoms with Crippen LogP contribution in [0.1, 0.15) is 31.4 Å². The molecule has 1 rings (SSSR count). The van der Waals surface area contributed by atoms with E-state index < -0.39 is 0 Å². The summed E-state index contributed by atoms with van der Waals surface area (Å²) >= 11 is 0. The highest BCUT2D eigenvalue weighted by Crippen LogP contribution is 2.21. The number of benzene rings is 1. The fourth-order valence-corrected chi connectivity index (χ4v) is 1.75. The van der Waals surface area contributed by atoms with Gasteiger partial charge in [-0.3, -0.25) is 0 Å². The Morgan fingerprint density at radius 2 is 2.00 bits per heavy atom. The highest BCUT2D eigenvalue weighted by molar-refractivity contribution is 5.29. The maximum atomic E-state index is 8.83. The predicted molar refractivity (Wildman–Crippen MR) is 65.7 cm³/mol. The Morgan fingerprint density at radius 3 is 2.50 bits per heavy atom. The molecule has 0 aliphatic carbocycles. The zero-order chi connectivity index (χ0) is 11.8. The van der Waals surface area contributed by atoms with Crippen LogP contribution >= 0.6 is 0 Å². The summed E-state index contributed by atoms with van der Waals surface area (Å²) in [7, 11) is 1.67. The van der Waals surface area contributed by atoms with Gasteiger partial charge in [0, 0.05) is 12.6 Å². The highest BCUT2D eigenvalue weighted by atomic mass is 16.5. The summed E-state index contributed by atoms with van der Waals surface area (Å²) in [4.78, 5) is 0. The summed E-state index contributed by atoms with van der Waals surface area (Å²) in [5.74, 6) is 0.876. The standard InChI is InChI=1S/C13H21NO2/c1-3-4-13(14-9-10-15)11-5-7-12(16-2)8-6-11/h5-8,13-15H,3-4,9-10H2,1-2H3. The van der Waals surface area contributed by atoms with Gasteiger partial charge < -0.3 is 15.2 Å². The molecule has 0 aliphatic rings. The molecule has 0 amide bonds. The van der Waals surface area contributed by atoms with Crippen molar-refractivity contribution < 1.29 is 9.84 Å². The lowest BCUT2D eigenvalue weighted by atomic mass is 10.0. The minimum atomic E-state index is 0.177. The van der Waals surface area contributed by atoms with E-state index in [4.69, 9.17) is 9.84 Å². The van der Waals surface area contributed by atoms with Gasteiger partial charge in [0.15, 0.2) is 0 Å². The molecule has 1 aromatic rings. The molecule has 90 valence electrons. The molecule has 16 heavy (non-hydrogen) atoms. The van der Waals surface area contributed by atoms with Gasteiger partial charge in [0.05, 0.1) is 13.7 Å². The van der Waals surface area contributed by atoms with E-state index in [9.17, 15) is 0 Å². The van der Waals surface area contributed by atoms with E-state index >= 15 is 0 Å². The number of aliphatic hydroxyl groups excluding tert-OH is 1. The third-order valence-corrected chi connectivity index (χ3v) is 2.60. The zero-order valence-corrected chi connectivity index (χ0v) is 10.1. The number of hydrogen-bond acceptors (Lipinski definition) is 3. The lowest BCUT2D eigenvalue weighted by Gasteiger charge is -2.18. The smallest absolute Gasteiger partial charge is 0.118 e. The molecule has 3 nitrogen and oxygen atoms in total. The van der Waals surface area contributed by atoms with E-state index in [1.165, 1.54) is 5.56 Å². The topological polar surface area (TPSA) is 41.5 Å². The Morgan fingerprint density at radius 1 is 1.31 bits per heavy atom. The highest BCUT2D eigenvalue weighted by Gasteiger charge is 2.09. The Balaban J connectivity index is 2.67. The lowest BCUT2D eigenvalue weighted by Crippen LogP contribution is -2.24. The van der Waals surface area contributed by atoms with Gasteiger partial charge in [-0.05, 0) is 24.1 Å². The molecule has 1 atom stereocenters. The number of rotatable bonds is 7. The van der Waals surface area contributed by atoms with Crippen molar-refractivity contribution in [2.45, 2.75) is 25.8 Å². The molecular weight excluding hydrogens is 202 g/mol. The van der Waals surface area contributed by atoms with E-state index in [1.54, 1.807) is 7.11 Å². The minimum Gasteiger partial charge on any atom is -0.497 e. The summed E-state index contributed by atoms with van der Waals surface area (Å²) in [6.45, 7) is 2.98. The Hall–Kier alpha value is -1.06. The second-order valence-electron chi connectivity index (χ2n) is 3.79. The Bertz CT molecular complexity index is 284. The van der Waals surface area contributed by atoms with Crippen LogP contribution in [0.2, 0.25) is 0 Å². The van der Waals surface area contributed by atoms with E-state index in [0.717, 1.165) is 18.6 Å². The van der Waals surface area contributed by atoms with Crippen LogP contribution in [0.5, 0.6) is 5.75 Å². The van der Waals surface area contributed by atoms with Gasteiger partial charge >= 0.3 is 0 Å². The monoisotopic (exact) mass is 223 g/mol. The van der Waals surface area contributed by atoms with Crippen molar-refractivity contribution >= 4 is 0 Å². The molecule has 0 bridgehead atoms. The molecule has 1 unspecified atom stereocenters. The summed E-state index contributed by atoms with van der Waals surface area (Å²) in [5, 5.41) is 12.2. The van der Waals surface area contributed by atoms with Crippen molar-refractivity contribution in [3.63, 3.8) is 0 Å². The molecule has 2 N–H and O–H groups in total. The summed E-state index contributed by atoms with van der Waals surface area (Å²) < 4.78 is 5.13. The lowest BCUT2D eigenvalue weighted by molar-refractivity contribution is 0.282. The fourth-order valence-electron chi connectivity index (χ4n) is 1.75. The number of methoxy groups -OCH3 is 1. The zero-order valence-electron chi connectivity index (χ0n) is 10.1. The fraction of sp³-hybridized carbons (Fsp3) is 0.538. The van der Waals surface area contributed by atoms with Gasteiger partial charge in [0.1, 0.15) is 5.75 Å². The molecule has 0 saturated heterocycles. The molecule has 0 radical (unpaired) electrons. The molecule has 0 heterocycles. The predicted octanol–water partition coefficient (Wildman–Crippen LogP) is 2.12. The van der Waals surface area contributed by atoms with Gasteiger partial charge in [0.25, 0.3) is 0 Å². The number of hydrogen-bond donors (Lipinski definition) is 2. The first-order valence-corrected chi connectivity index (χ1v) is 5.80. The largest absolute Gasteiger partial charge is 0.497 e. The molecule has 0 saturated carbocycles. The second-order valence-corrected chi connectivity index (χ2v) is 3.79. The van der Waals surface area contributed by atoms with E-state index in [1.807, 2.05) is 12.1 Å². The van der Waals surface area contributed by atoms with Gasteiger partial charge in [-0.25, -0.2) is 0 Å². The van der Waals surface area contributed by atoms with Crippen LogP contribution < -0.4 is 10.1 Å². The van der Waals surface area contributed by atoms with Crippen LogP contribution in [-0.2, 0) is 0 Å². The molecule has 0 aliphatic heterocycles. The second kappa shape index (κ2) is 7.25. The van der Waals surface area contributed by atoms with Crippen LogP contribution in [0.3, 0.4) is 0 Å². The normalized spacial score (nSPS) is 12.4. The van der Waals surface area contributed by atoms with E-state index in [0.29, 0.717) is 12.6 Å². The van der Waals surface area contributed by atoms with E-state index in [2.05, 4.69) is 24.4 Å². The van der Waals surface area contributed by atoms with Crippen molar-refractivity contribution in [1.82, 2.24) is 5.32 Å². The average Bonchev–Trinajstić information content (AvgIpc) is 2.35. The SMILES string of the molecule is CCCC(NCCO)c1ccc(OC)cc1. The van der Waals surface area contributed by atoms with Gasteiger partial charge in [0.2, 0.25) is 0 Å².